The maximum Gasteiger partial charge on any atom is 0.319 e. The fraction of sp³-hybridized carbons (Fsp3) is 0.222. The van der Waals surface area contributed by atoms with Crippen LogP contribution in [0.4, 0.5) is 16.2 Å². The van der Waals surface area contributed by atoms with Gasteiger partial charge in [0.2, 0.25) is 5.91 Å². The van der Waals surface area contributed by atoms with Crippen LogP contribution in [0, 0.1) is 0 Å². The number of nitrogens with zero attached hydrogens (tertiary/aromatic N) is 1. The summed E-state index contributed by atoms with van der Waals surface area (Å²) in [5.74, 6) is 0.105. The van der Waals surface area contributed by atoms with E-state index in [0.29, 0.717) is 25.2 Å². The number of carbonyl (C=O) groups excluding carboxylic acids is 2. The average molecular weight is 309 g/mol. The molecule has 1 aliphatic heterocycles. The zero-order valence-electron chi connectivity index (χ0n) is 13.0. The van der Waals surface area contributed by atoms with Crippen LogP contribution in [-0.2, 0) is 17.8 Å². The van der Waals surface area contributed by atoms with Gasteiger partial charge in [-0.3, -0.25) is 4.79 Å². The second kappa shape index (κ2) is 6.52. The summed E-state index contributed by atoms with van der Waals surface area (Å²) in [5.41, 5.74) is 3.63. The number of fused-ring (bicyclic) bond motifs is 1. The van der Waals surface area contributed by atoms with E-state index in [2.05, 4.69) is 10.6 Å². The summed E-state index contributed by atoms with van der Waals surface area (Å²) in [6.07, 6.45) is 0.393. The smallest absolute Gasteiger partial charge is 0.319 e. The molecule has 0 radical (unpaired) electrons. The first-order valence-corrected chi connectivity index (χ1v) is 7.69. The molecule has 0 fully saturated rings. The standard InChI is InChI=1S/C18H19N3O2/c1-2-21-16-9-8-15(10-14(16)11-17(21)22)20-18(23)19-12-13-6-4-3-5-7-13/h3-10H,2,11-12H2,1H3,(H2,19,20,23). The highest BCUT2D eigenvalue weighted by atomic mass is 16.2. The molecule has 5 nitrogen and oxygen atoms in total. The number of carbonyl (C=O) groups is 2. The summed E-state index contributed by atoms with van der Waals surface area (Å²) >= 11 is 0. The SMILES string of the molecule is CCN1C(=O)Cc2cc(NC(=O)NCc3ccccc3)ccc21. The maximum absolute atomic E-state index is 12.0. The minimum Gasteiger partial charge on any atom is -0.334 e. The van der Waals surface area contributed by atoms with E-state index in [9.17, 15) is 9.59 Å². The first kappa shape index (κ1) is 15.1. The minimum absolute atomic E-state index is 0.105. The maximum atomic E-state index is 12.0. The molecule has 2 aromatic carbocycles. The number of rotatable bonds is 4. The summed E-state index contributed by atoms with van der Waals surface area (Å²) in [7, 11) is 0. The molecule has 0 spiro atoms. The second-order valence-electron chi connectivity index (χ2n) is 5.45. The fourth-order valence-corrected chi connectivity index (χ4v) is 2.76. The predicted octanol–water partition coefficient (Wildman–Crippen LogP) is 2.92. The zero-order chi connectivity index (χ0) is 16.2. The monoisotopic (exact) mass is 309 g/mol. The van der Waals surface area contributed by atoms with Gasteiger partial charge < -0.3 is 15.5 Å². The lowest BCUT2D eigenvalue weighted by molar-refractivity contribution is -0.117. The van der Waals surface area contributed by atoms with Crippen LogP contribution < -0.4 is 15.5 Å². The normalized spacial score (nSPS) is 12.9. The van der Waals surface area contributed by atoms with E-state index in [1.54, 1.807) is 4.90 Å². The molecule has 1 aliphatic rings. The molecule has 118 valence electrons. The van der Waals surface area contributed by atoms with E-state index in [1.807, 2.05) is 55.5 Å². The molecule has 0 bridgehead atoms. The fourth-order valence-electron chi connectivity index (χ4n) is 2.76. The molecule has 1 heterocycles. The van der Waals surface area contributed by atoms with Crippen molar-refractivity contribution in [1.29, 1.82) is 0 Å². The van der Waals surface area contributed by atoms with Gasteiger partial charge in [-0.2, -0.15) is 0 Å². The molecule has 0 saturated heterocycles. The Morgan fingerprint density at radius 3 is 2.70 bits per heavy atom. The van der Waals surface area contributed by atoms with E-state index in [4.69, 9.17) is 0 Å². The van der Waals surface area contributed by atoms with Crippen LogP contribution in [0.3, 0.4) is 0 Å². The predicted molar refractivity (Wildman–Crippen MR) is 90.5 cm³/mol. The third-order valence-corrected chi connectivity index (χ3v) is 3.88. The van der Waals surface area contributed by atoms with E-state index < -0.39 is 0 Å². The van der Waals surface area contributed by atoms with E-state index in [-0.39, 0.29) is 11.9 Å². The Kier molecular flexibility index (Phi) is 4.28. The van der Waals surface area contributed by atoms with Gasteiger partial charge in [0.25, 0.3) is 0 Å². The molecule has 23 heavy (non-hydrogen) atoms. The Balaban J connectivity index is 1.62. The minimum atomic E-state index is -0.259. The second-order valence-corrected chi connectivity index (χ2v) is 5.45. The molecule has 0 atom stereocenters. The number of hydrogen-bond donors (Lipinski definition) is 2. The van der Waals surface area contributed by atoms with Gasteiger partial charge in [-0.1, -0.05) is 30.3 Å². The summed E-state index contributed by atoms with van der Waals surface area (Å²) in [6.45, 7) is 3.09. The molecule has 5 heteroatoms. The lowest BCUT2D eigenvalue weighted by Crippen LogP contribution is -2.28. The Morgan fingerprint density at radius 1 is 1.17 bits per heavy atom. The van der Waals surface area contributed by atoms with Crippen LogP contribution in [0.2, 0.25) is 0 Å². The van der Waals surface area contributed by atoms with Gasteiger partial charge in [0, 0.05) is 24.5 Å². The van der Waals surface area contributed by atoms with Gasteiger partial charge in [0.15, 0.2) is 0 Å². The Bertz CT molecular complexity index is 728. The molecular formula is C18H19N3O2. The Morgan fingerprint density at radius 2 is 1.96 bits per heavy atom. The van der Waals surface area contributed by atoms with Gasteiger partial charge in [-0.15, -0.1) is 0 Å². The first-order chi connectivity index (χ1) is 11.2. The highest BCUT2D eigenvalue weighted by Crippen LogP contribution is 2.30. The third kappa shape index (κ3) is 3.34. The number of nitrogens with one attached hydrogen (secondary N) is 2. The van der Waals surface area contributed by atoms with E-state index >= 15 is 0 Å². The molecule has 3 amide bonds. The number of likely N-dealkylation sites (N-methyl/N-ethyl adjacent to an activating group) is 1. The van der Waals surface area contributed by atoms with Crippen molar-refractivity contribution in [2.45, 2.75) is 19.9 Å². The molecule has 0 saturated carbocycles. The third-order valence-electron chi connectivity index (χ3n) is 3.88. The van der Waals surface area contributed by atoms with Crippen LogP contribution in [0.25, 0.3) is 0 Å². The van der Waals surface area contributed by atoms with Gasteiger partial charge >= 0.3 is 6.03 Å². The van der Waals surface area contributed by atoms with Crippen molar-refractivity contribution >= 4 is 23.3 Å². The molecule has 2 aromatic rings. The Labute approximate surface area is 135 Å². The van der Waals surface area contributed by atoms with Crippen LogP contribution in [0.15, 0.2) is 48.5 Å². The van der Waals surface area contributed by atoms with Gasteiger partial charge in [0.1, 0.15) is 0 Å². The van der Waals surface area contributed by atoms with Crippen LogP contribution >= 0.6 is 0 Å². The number of benzene rings is 2. The van der Waals surface area contributed by atoms with Gasteiger partial charge in [0.05, 0.1) is 6.42 Å². The lowest BCUT2D eigenvalue weighted by Gasteiger charge is -2.15. The molecule has 0 unspecified atom stereocenters. The van der Waals surface area contributed by atoms with Crippen molar-refractivity contribution in [3.8, 4) is 0 Å². The first-order valence-electron chi connectivity index (χ1n) is 7.69. The van der Waals surface area contributed by atoms with Crippen molar-refractivity contribution in [2.24, 2.45) is 0 Å². The van der Waals surface area contributed by atoms with Crippen molar-refractivity contribution < 1.29 is 9.59 Å². The number of amides is 3. The number of urea groups is 1. The largest absolute Gasteiger partial charge is 0.334 e. The average Bonchev–Trinajstić information content (AvgIpc) is 2.88. The van der Waals surface area contributed by atoms with E-state index in [0.717, 1.165) is 16.8 Å². The molecule has 0 aromatic heterocycles. The topological polar surface area (TPSA) is 61.4 Å². The summed E-state index contributed by atoms with van der Waals surface area (Å²) in [5, 5.41) is 5.63. The number of anilines is 2. The summed E-state index contributed by atoms with van der Waals surface area (Å²) in [6, 6.07) is 15.0. The lowest BCUT2D eigenvalue weighted by atomic mass is 10.1. The highest BCUT2D eigenvalue weighted by molar-refractivity contribution is 6.02. The van der Waals surface area contributed by atoms with Crippen LogP contribution in [-0.4, -0.2) is 18.5 Å². The zero-order valence-corrected chi connectivity index (χ0v) is 13.0. The van der Waals surface area contributed by atoms with Gasteiger partial charge in [-0.25, -0.2) is 4.79 Å². The van der Waals surface area contributed by atoms with Crippen molar-refractivity contribution in [3.63, 3.8) is 0 Å². The molecule has 3 rings (SSSR count). The Hall–Kier alpha value is -2.82. The summed E-state index contributed by atoms with van der Waals surface area (Å²) < 4.78 is 0. The van der Waals surface area contributed by atoms with Crippen molar-refractivity contribution in [3.05, 3.63) is 59.7 Å². The van der Waals surface area contributed by atoms with Crippen LogP contribution in [0.5, 0.6) is 0 Å². The van der Waals surface area contributed by atoms with Crippen molar-refractivity contribution in [1.82, 2.24) is 5.32 Å². The molecular weight excluding hydrogens is 290 g/mol. The molecule has 2 N–H and O–H groups in total. The van der Waals surface area contributed by atoms with Crippen LogP contribution in [0.1, 0.15) is 18.1 Å². The quantitative estimate of drug-likeness (QED) is 0.912. The van der Waals surface area contributed by atoms with Crippen molar-refractivity contribution in [2.75, 3.05) is 16.8 Å². The molecule has 0 aliphatic carbocycles. The van der Waals surface area contributed by atoms with E-state index in [1.165, 1.54) is 0 Å². The van der Waals surface area contributed by atoms with Gasteiger partial charge in [-0.05, 0) is 36.2 Å². The number of hydrogen-bond acceptors (Lipinski definition) is 2. The summed E-state index contributed by atoms with van der Waals surface area (Å²) in [4.78, 5) is 25.6. The highest BCUT2D eigenvalue weighted by Gasteiger charge is 2.25.